The predicted octanol–water partition coefficient (Wildman–Crippen LogP) is 3.84. The van der Waals surface area contributed by atoms with Crippen molar-refractivity contribution in [3.05, 3.63) is 29.8 Å². The Balaban J connectivity index is 1.58. The van der Waals surface area contributed by atoms with Gasteiger partial charge in [-0.05, 0) is 45.7 Å². The van der Waals surface area contributed by atoms with Gasteiger partial charge < -0.3 is 14.8 Å². The summed E-state index contributed by atoms with van der Waals surface area (Å²) in [6.45, 7) is 2.83. The molecule has 0 radical (unpaired) electrons. The van der Waals surface area contributed by atoms with Gasteiger partial charge in [-0.3, -0.25) is 0 Å². The molecule has 21 heavy (non-hydrogen) atoms. The average molecular weight is 289 g/mol. The van der Waals surface area contributed by atoms with Crippen LogP contribution in [0.2, 0.25) is 0 Å². The van der Waals surface area contributed by atoms with Crippen LogP contribution in [0, 0.1) is 0 Å². The zero-order valence-electron chi connectivity index (χ0n) is 13.2. The van der Waals surface area contributed by atoms with Crippen LogP contribution in [-0.4, -0.2) is 25.4 Å². The Bertz CT molecular complexity index is 468. The van der Waals surface area contributed by atoms with Gasteiger partial charge in [0.25, 0.3) is 0 Å². The number of hydrogen-bond acceptors (Lipinski definition) is 3. The van der Waals surface area contributed by atoms with Crippen LogP contribution in [0.25, 0.3) is 0 Å². The molecule has 3 rings (SSSR count). The molecule has 1 aromatic rings. The highest BCUT2D eigenvalue weighted by molar-refractivity contribution is 5.35. The van der Waals surface area contributed by atoms with Crippen LogP contribution in [0.1, 0.15) is 57.1 Å². The molecule has 1 spiro atoms. The Kier molecular flexibility index (Phi) is 4.51. The molecule has 1 N–H and O–H groups in total. The number of ether oxygens (including phenoxy) is 2. The molecule has 1 heterocycles. The topological polar surface area (TPSA) is 30.5 Å². The smallest absolute Gasteiger partial charge is 0.124 e. The summed E-state index contributed by atoms with van der Waals surface area (Å²) in [5, 5.41) is 3.28. The summed E-state index contributed by atoms with van der Waals surface area (Å²) in [5.74, 6) is 0.982. The monoisotopic (exact) mass is 289 g/mol. The highest BCUT2D eigenvalue weighted by Crippen LogP contribution is 2.43. The summed E-state index contributed by atoms with van der Waals surface area (Å²) in [6, 6.07) is 8.59. The molecule has 0 amide bonds. The van der Waals surface area contributed by atoms with E-state index in [1.165, 1.54) is 37.7 Å². The minimum Gasteiger partial charge on any atom is -0.491 e. The Hall–Kier alpha value is -1.06. The summed E-state index contributed by atoms with van der Waals surface area (Å²) in [7, 11) is 1.98. The van der Waals surface area contributed by atoms with Gasteiger partial charge in [0, 0.05) is 11.6 Å². The van der Waals surface area contributed by atoms with Crippen LogP contribution < -0.4 is 10.1 Å². The normalized spacial score (nSPS) is 25.3. The van der Waals surface area contributed by atoms with Crippen molar-refractivity contribution in [1.29, 1.82) is 0 Å². The van der Waals surface area contributed by atoms with Crippen LogP contribution in [0.4, 0.5) is 0 Å². The summed E-state index contributed by atoms with van der Waals surface area (Å²) in [4.78, 5) is 0. The number of benzene rings is 1. The van der Waals surface area contributed by atoms with E-state index in [0.29, 0.717) is 12.6 Å². The van der Waals surface area contributed by atoms with E-state index in [2.05, 4.69) is 30.4 Å². The lowest BCUT2D eigenvalue weighted by Gasteiger charge is -2.24. The minimum atomic E-state index is 0.200. The van der Waals surface area contributed by atoms with Crippen molar-refractivity contribution in [2.45, 2.75) is 63.2 Å². The van der Waals surface area contributed by atoms with E-state index in [1.54, 1.807) is 0 Å². The fourth-order valence-electron chi connectivity index (χ4n) is 3.71. The molecule has 1 aliphatic heterocycles. The lowest BCUT2D eigenvalue weighted by Crippen LogP contribution is -2.27. The third-order valence-electron chi connectivity index (χ3n) is 5.10. The third-order valence-corrected chi connectivity index (χ3v) is 5.10. The van der Waals surface area contributed by atoms with Crippen LogP contribution in [0.5, 0.6) is 5.75 Å². The van der Waals surface area contributed by atoms with Gasteiger partial charge in [-0.2, -0.15) is 0 Å². The van der Waals surface area contributed by atoms with Gasteiger partial charge in [-0.1, -0.05) is 31.0 Å². The predicted molar refractivity (Wildman–Crippen MR) is 84.7 cm³/mol. The lowest BCUT2D eigenvalue weighted by atomic mass is 9.98. The maximum atomic E-state index is 6.32. The summed E-state index contributed by atoms with van der Waals surface area (Å²) < 4.78 is 12.4. The molecule has 1 aliphatic carbocycles. The van der Waals surface area contributed by atoms with Crippen molar-refractivity contribution in [2.75, 3.05) is 13.7 Å². The van der Waals surface area contributed by atoms with E-state index in [1.807, 2.05) is 13.1 Å². The molecular weight excluding hydrogens is 262 g/mol. The van der Waals surface area contributed by atoms with Crippen molar-refractivity contribution >= 4 is 0 Å². The maximum absolute atomic E-state index is 6.32. The second kappa shape index (κ2) is 6.37. The molecule has 2 fully saturated rings. The van der Waals surface area contributed by atoms with Crippen molar-refractivity contribution in [3.8, 4) is 5.75 Å². The van der Waals surface area contributed by atoms with E-state index in [4.69, 9.17) is 9.47 Å². The number of nitrogens with one attached hydrogen (secondary N) is 1. The fraction of sp³-hybridized carbons (Fsp3) is 0.667. The number of rotatable bonds is 5. The summed E-state index contributed by atoms with van der Waals surface area (Å²) >= 11 is 0. The van der Waals surface area contributed by atoms with Crippen LogP contribution in [0.3, 0.4) is 0 Å². The zero-order chi connectivity index (χ0) is 14.7. The van der Waals surface area contributed by atoms with E-state index in [9.17, 15) is 0 Å². The van der Waals surface area contributed by atoms with Gasteiger partial charge in [-0.15, -0.1) is 0 Å². The first kappa shape index (κ1) is 14.9. The molecule has 116 valence electrons. The molecule has 2 unspecified atom stereocenters. The Morgan fingerprint density at radius 2 is 2.05 bits per heavy atom. The first-order valence-corrected chi connectivity index (χ1v) is 8.29. The second-order valence-electron chi connectivity index (χ2n) is 6.53. The number of hydrogen-bond donors (Lipinski definition) is 1. The van der Waals surface area contributed by atoms with E-state index < -0.39 is 0 Å². The molecule has 2 atom stereocenters. The van der Waals surface area contributed by atoms with Crippen LogP contribution in [-0.2, 0) is 4.74 Å². The lowest BCUT2D eigenvalue weighted by molar-refractivity contribution is -0.0510. The van der Waals surface area contributed by atoms with Crippen molar-refractivity contribution in [1.82, 2.24) is 5.32 Å². The molecule has 1 saturated carbocycles. The minimum absolute atomic E-state index is 0.200. The largest absolute Gasteiger partial charge is 0.491 e. The Morgan fingerprint density at radius 1 is 1.29 bits per heavy atom. The van der Waals surface area contributed by atoms with Crippen LogP contribution in [0.15, 0.2) is 24.3 Å². The van der Waals surface area contributed by atoms with Crippen LogP contribution >= 0.6 is 0 Å². The van der Waals surface area contributed by atoms with Gasteiger partial charge >= 0.3 is 0 Å². The van der Waals surface area contributed by atoms with E-state index in [-0.39, 0.29) is 11.7 Å². The summed E-state index contributed by atoms with van der Waals surface area (Å²) in [6.07, 6.45) is 7.78. The van der Waals surface area contributed by atoms with Crippen molar-refractivity contribution < 1.29 is 9.47 Å². The number of para-hydroxylation sites is 1. The molecule has 2 aliphatic rings. The Morgan fingerprint density at radius 3 is 2.81 bits per heavy atom. The maximum Gasteiger partial charge on any atom is 0.124 e. The molecule has 3 heteroatoms. The van der Waals surface area contributed by atoms with Gasteiger partial charge in [0.05, 0.1) is 11.7 Å². The summed E-state index contributed by atoms with van der Waals surface area (Å²) in [5.41, 5.74) is 1.42. The highest BCUT2D eigenvalue weighted by atomic mass is 16.6. The highest BCUT2D eigenvalue weighted by Gasteiger charge is 2.42. The zero-order valence-corrected chi connectivity index (χ0v) is 13.2. The first-order chi connectivity index (χ1) is 10.2. The third kappa shape index (κ3) is 3.24. The standard InChI is InChI=1S/C18H27NO2/c1-14(19-2)16-7-3-4-8-17(16)20-13-15-9-12-18(21-15)10-5-6-11-18/h3-4,7-8,14-15,19H,5-6,9-13H2,1-2H3. The molecule has 1 aromatic carbocycles. The van der Waals surface area contributed by atoms with Crippen molar-refractivity contribution in [3.63, 3.8) is 0 Å². The van der Waals surface area contributed by atoms with Gasteiger partial charge in [0.2, 0.25) is 0 Å². The van der Waals surface area contributed by atoms with Gasteiger partial charge in [0.1, 0.15) is 12.4 Å². The fourth-order valence-corrected chi connectivity index (χ4v) is 3.71. The SMILES string of the molecule is CNC(C)c1ccccc1OCC1CCC2(CCCC2)O1. The van der Waals surface area contributed by atoms with Gasteiger partial charge in [-0.25, -0.2) is 0 Å². The second-order valence-corrected chi connectivity index (χ2v) is 6.53. The molecule has 1 saturated heterocycles. The van der Waals surface area contributed by atoms with Crippen molar-refractivity contribution in [2.24, 2.45) is 0 Å². The molecule has 0 aromatic heterocycles. The first-order valence-electron chi connectivity index (χ1n) is 8.29. The molecule has 3 nitrogen and oxygen atoms in total. The molecule has 0 bridgehead atoms. The van der Waals surface area contributed by atoms with E-state index in [0.717, 1.165) is 12.2 Å². The van der Waals surface area contributed by atoms with Gasteiger partial charge in [0.15, 0.2) is 0 Å². The quantitative estimate of drug-likeness (QED) is 0.893. The van der Waals surface area contributed by atoms with E-state index >= 15 is 0 Å². The average Bonchev–Trinajstić information content (AvgIpc) is 3.15. The Labute approximate surface area is 128 Å². The molecular formula is C18H27NO2.